The molecule has 0 aliphatic rings. The molecule has 2 aromatic rings. The van der Waals surface area contributed by atoms with Crippen molar-refractivity contribution in [1.82, 2.24) is 0 Å². The molecular formula is C17H16ClNO4. The Hall–Kier alpha value is -2.53. The van der Waals surface area contributed by atoms with Crippen LogP contribution in [0.3, 0.4) is 0 Å². The summed E-state index contributed by atoms with van der Waals surface area (Å²) >= 11 is 5.85. The fourth-order valence-corrected chi connectivity index (χ4v) is 2.10. The Balaban J connectivity index is 2.00. The summed E-state index contributed by atoms with van der Waals surface area (Å²) < 4.78 is 10.6. The summed E-state index contributed by atoms with van der Waals surface area (Å²) in [6.07, 6.45) is 0. The standard InChI is InChI=1S/C17H16ClNO4/c1-11(20)12-6-7-15(16(8-12)22-2)23-10-17(21)19-14-5-3-4-13(18)9-14/h3-9H,10H2,1-2H3,(H,19,21). The molecule has 6 heteroatoms. The van der Waals surface area contributed by atoms with Crippen LogP contribution in [-0.2, 0) is 4.79 Å². The molecule has 0 heterocycles. The Labute approximate surface area is 139 Å². The van der Waals surface area contributed by atoms with Gasteiger partial charge in [0.1, 0.15) is 0 Å². The number of rotatable bonds is 6. The Morgan fingerprint density at radius 2 is 1.91 bits per heavy atom. The molecule has 0 aliphatic carbocycles. The third-order valence-electron chi connectivity index (χ3n) is 3.04. The van der Waals surface area contributed by atoms with E-state index < -0.39 is 0 Å². The minimum atomic E-state index is -0.329. The van der Waals surface area contributed by atoms with Gasteiger partial charge in [0.15, 0.2) is 23.9 Å². The number of halogens is 1. The van der Waals surface area contributed by atoms with E-state index in [1.54, 1.807) is 42.5 Å². The summed E-state index contributed by atoms with van der Waals surface area (Å²) in [4.78, 5) is 23.2. The third-order valence-corrected chi connectivity index (χ3v) is 3.27. The van der Waals surface area contributed by atoms with Crippen LogP contribution >= 0.6 is 11.6 Å². The predicted molar refractivity (Wildman–Crippen MR) is 88.6 cm³/mol. The first-order valence-corrected chi connectivity index (χ1v) is 7.24. The molecular weight excluding hydrogens is 318 g/mol. The fraction of sp³-hybridized carbons (Fsp3) is 0.176. The highest BCUT2D eigenvalue weighted by molar-refractivity contribution is 6.30. The zero-order valence-electron chi connectivity index (χ0n) is 12.8. The van der Waals surface area contributed by atoms with Crippen molar-refractivity contribution in [3.63, 3.8) is 0 Å². The van der Waals surface area contributed by atoms with E-state index in [0.29, 0.717) is 27.8 Å². The number of anilines is 1. The lowest BCUT2D eigenvalue weighted by molar-refractivity contribution is -0.118. The molecule has 0 saturated heterocycles. The van der Waals surface area contributed by atoms with Crippen molar-refractivity contribution in [2.75, 3.05) is 19.0 Å². The number of ketones is 1. The summed E-state index contributed by atoms with van der Waals surface area (Å²) in [6, 6.07) is 11.6. The van der Waals surface area contributed by atoms with Gasteiger partial charge in [-0.15, -0.1) is 0 Å². The van der Waals surface area contributed by atoms with Crippen molar-refractivity contribution in [2.24, 2.45) is 0 Å². The lowest BCUT2D eigenvalue weighted by Crippen LogP contribution is -2.20. The lowest BCUT2D eigenvalue weighted by atomic mass is 10.1. The van der Waals surface area contributed by atoms with E-state index in [1.807, 2.05) is 0 Å². The molecule has 2 rings (SSSR count). The quantitative estimate of drug-likeness (QED) is 0.821. The number of hydrogen-bond donors (Lipinski definition) is 1. The van der Waals surface area contributed by atoms with Gasteiger partial charge in [-0.05, 0) is 43.3 Å². The zero-order valence-corrected chi connectivity index (χ0v) is 13.5. The highest BCUT2D eigenvalue weighted by Gasteiger charge is 2.10. The molecule has 0 aliphatic heterocycles. The normalized spacial score (nSPS) is 10.0. The second-order valence-electron chi connectivity index (χ2n) is 4.77. The topological polar surface area (TPSA) is 64.6 Å². The molecule has 2 aromatic carbocycles. The monoisotopic (exact) mass is 333 g/mol. The van der Waals surface area contributed by atoms with Gasteiger partial charge in [0.25, 0.3) is 5.91 Å². The summed E-state index contributed by atoms with van der Waals surface area (Å²) in [5, 5.41) is 3.21. The van der Waals surface area contributed by atoms with Crippen molar-refractivity contribution in [3.8, 4) is 11.5 Å². The van der Waals surface area contributed by atoms with Gasteiger partial charge < -0.3 is 14.8 Å². The van der Waals surface area contributed by atoms with Gasteiger partial charge in [0.2, 0.25) is 0 Å². The third kappa shape index (κ3) is 4.72. The maximum Gasteiger partial charge on any atom is 0.262 e. The van der Waals surface area contributed by atoms with Crippen molar-refractivity contribution in [1.29, 1.82) is 0 Å². The Morgan fingerprint density at radius 1 is 1.13 bits per heavy atom. The predicted octanol–water partition coefficient (Wildman–Crippen LogP) is 3.57. The number of carbonyl (C=O) groups excluding carboxylic acids is 2. The number of nitrogens with one attached hydrogen (secondary N) is 1. The van der Waals surface area contributed by atoms with E-state index in [2.05, 4.69) is 5.32 Å². The van der Waals surface area contributed by atoms with Gasteiger partial charge >= 0.3 is 0 Å². The fourth-order valence-electron chi connectivity index (χ4n) is 1.91. The van der Waals surface area contributed by atoms with E-state index in [9.17, 15) is 9.59 Å². The van der Waals surface area contributed by atoms with E-state index in [1.165, 1.54) is 14.0 Å². The summed E-state index contributed by atoms with van der Waals surface area (Å²) in [7, 11) is 1.47. The maximum absolute atomic E-state index is 11.9. The Kier molecular flexibility index (Phi) is 5.60. The van der Waals surface area contributed by atoms with Crippen LogP contribution in [0.15, 0.2) is 42.5 Å². The SMILES string of the molecule is COc1cc(C(C)=O)ccc1OCC(=O)Nc1cccc(Cl)c1. The largest absolute Gasteiger partial charge is 0.493 e. The first kappa shape index (κ1) is 16.8. The van der Waals surface area contributed by atoms with Crippen molar-refractivity contribution >= 4 is 29.0 Å². The minimum absolute atomic E-state index is 0.0754. The lowest BCUT2D eigenvalue weighted by Gasteiger charge is -2.11. The summed E-state index contributed by atoms with van der Waals surface area (Å²) in [5.74, 6) is 0.380. The van der Waals surface area contributed by atoms with Crippen LogP contribution in [-0.4, -0.2) is 25.4 Å². The smallest absolute Gasteiger partial charge is 0.262 e. The number of methoxy groups -OCH3 is 1. The van der Waals surface area contributed by atoms with Gasteiger partial charge in [-0.3, -0.25) is 9.59 Å². The van der Waals surface area contributed by atoms with Crippen molar-refractivity contribution < 1.29 is 19.1 Å². The number of carbonyl (C=O) groups is 2. The van der Waals surface area contributed by atoms with Crippen LogP contribution in [0.4, 0.5) is 5.69 Å². The Bertz CT molecular complexity index is 730. The molecule has 1 N–H and O–H groups in total. The molecule has 0 aromatic heterocycles. The van der Waals surface area contributed by atoms with E-state index in [0.717, 1.165) is 0 Å². The molecule has 0 spiro atoms. The highest BCUT2D eigenvalue weighted by Crippen LogP contribution is 2.28. The van der Waals surface area contributed by atoms with E-state index in [-0.39, 0.29) is 18.3 Å². The first-order valence-electron chi connectivity index (χ1n) is 6.87. The molecule has 23 heavy (non-hydrogen) atoms. The van der Waals surface area contributed by atoms with Crippen molar-refractivity contribution in [2.45, 2.75) is 6.92 Å². The number of benzene rings is 2. The maximum atomic E-state index is 11.9. The summed E-state index contributed by atoms with van der Waals surface area (Å²) in [5.41, 5.74) is 1.10. The van der Waals surface area contributed by atoms with Crippen LogP contribution in [0.1, 0.15) is 17.3 Å². The van der Waals surface area contributed by atoms with Gasteiger partial charge in [-0.1, -0.05) is 17.7 Å². The zero-order chi connectivity index (χ0) is 16.8. The van der Waals surface area contributed by atoms with Crippen LogP contribution in [0, 0.1) is 0 Å². The van der Waals surface area contributed by atoms with Crippen LogP contribution in [0.25, 0.3) is 0 Å². The molecule has 0 saturated carbocycles. The molecule has 0 bridgehead atoms. The molecule has 1 amide bonds. The van der Waals surface area contributed by atoms with E-state index in [4.69, 9.17) is 21.1 Å². The first-order chi connectivity index (χ1) is 11.0. The van der Waals surface area contributed by atoms with Crippen LogP contribution in [0.5, 0.6) is 11.5 Å². The second kappa shape index (κ2) is 7.65. The number of Topliss-reactive ketones (excluding diaryl/α,β-unsaturated/α-hetero) is 1. The molecule has 0 atom stereocenters. The average molecular weight is 334 g/mol. The molecule has 0 unspecified atom stereocenters. The minimum Gasteiger partial charge on any atom is -0.493 e. The molecule has 120 valence electrons. The van der Waals surface area contributed by atoms with Gasteiger partial charge in [0, 0.05) is 16.3 Å². The van der Waals surface area contributed by atoms with Crippen LogP contribution in [0.2, 0.25) is 5.02 Å². The Morgan fingerprint density at radius 3 is 2.57 bits per heavy atom. The van der Waals surface area contributed by atoms with E-state index >= 15 is 0 Å². The summed E-state index contributed by atoms with van der Waals surface area (Å²) in [6.45, 7) is 1.27. The van der Waals surface area contributed by atoms with Gasteiger partial charge in [-0.25, -0.2) is 0 Å². The number of ether oxygens (including phenoxy) is 2. The average Bonchev–Trinajstić information content (AvgIpc) is 2.52. The molecule has 0 fully saturated rings. The molecule has 5 nitrogen and oxygen atoms in total. The number of amides is 1. The van der Waals surface area contributed by atoms with Crippen molar-refractivity contribution in [3.05, 3.63) is 53.1 Å². The van der Waals surface area contributed by atoms with Gasteiger partial charge in [0.05, 0.1) is 7.11 Å². The van der Waals surface area contributed by atoms with Gasteiger partial charge in [-0.2, -0.15) is 0 Å². The highest BCUT2D eigenvalue weighted by atomic mass is 35.5. The molecule has 0 radical (unpaired) electrons. The van der Waals surface area contributed by atoms with Crippen LogP contribution < -0.4 is 14.8 Å². The second-order valence-corrected chi connectivity index (χ2v) is 5.21. The number of hydrogen-bond acceptors (Lipinski definition) is 4.